The van der Waals surface area contributed by atoms with Crippen molar-refractivity contribution in [2.45, 2.75) is 102 Å². The van der Waals surface area contributed by atoms with E-state index in [1.54, 1.807) is 56.2 Å². The summed E-state index contributed by atoms with van der Waals surface area (Å²) in [6, 6.07) is 27.6. The largest absolute Gasteiger partial charge is 0.337 e. The van der Waals surface area contributed by atoms with Gasteiger partial charge in [-0.3, -0.25) is 49.1 Å². The van der Waals surface area contributed by atoms with Gasteiger partial charge in [-0.05, 0) is 169 Å². The maximum atomic E-state index is 14.1. The highest BCUT2D eigenvalue weighted by atomic mass is 79.9. The molecule has 3 saturated heterocycles. The molecule has 104 heavy (non-hydrogen) atoms. The Morgan fingerprint density at radius 2 is 0.885 bits per heavy atom. The second-order valence-corrected chi connectivity index (χ2v) is 29.4. The first-order valence-corrected chi connectivity index (χ1v) is 37.9. The van der Waals surface area contributed by atoms with Crippen molar-refractivity contribution >= 4 is 72.8 Å². The summed E-state index contributed by atoms with van der Waals surface area (Å²) < 4.78 is 7.99. The molecule has 4 N–H and O–H groups in total. The van der Waals surface area contributed by atoms with Crippen LogP contribution in [-0.4, -0.2) is 192 Å². The molecule has 3 amide bonds. The molecule has 0 spiro atoms. The lowest BCUT2D eigenvalue weighted by molar-refractivity contribution is -0.136. The predicted molar refractivity (Wildman–Crippen MR) is 407 cm³/mol. The van der Waals surface area contributed by atoms with E-state index in [0.29, 0.717) is 85.1 Å². The van der Waals surface area contributed by atoms with E-state index in [0.717, 1.165) is 112 Å². The van der Waals surface area contributed by atoms with Crippen LogP contribution in [0.4, 0.5) is 0 Å². The number of nitrogens with zero attached hydrogens (tertiary/aromatic N) is 16. The van der Waals surface area contributed by atoms with E-state index in [4.69, 9.17) is 33.2 Å². The van der Waals surface area contributed by atoms with Gasteiger partial charge in [0.1, 0.15) is 0 Å². The van der Waals surface area contributed by atoms with E-state index < -0.39 is 0 Å². The van der Waals surface area contributed by atoms with Crippen LogP contribution in [-0.2, 0) is 79.3 Å². The van der Waals surface area contributed by atoms with Crippen LogP contribution >= 0.6 is 55.1 Å². The van der Waals surface area contributed by atoms with E-state index in [9.17, 15) is 14.4 Å². The van der Waals surface area contributed by atoms with Crippen LogP contribution < -0.4 is 21.3 Å². The van der Waals surface area contributed by atoms with Crippen molar-refractivity contribution in [3.8, 4) is 0 Å². The van der Waals surface area contributed by atoms with Gasteiger partial charge in [-0.2, -0.15) is 0 Å². The van der Waals surface area contributed by atoms with Gasteiger partial charge >= 0.3 is 0 Å². The summed E-state index contributed by atoms with van der Waals surface area (Å²) >= 11 is 20.1. The van der Waals surface area contributed by atoms with Crippen LogP contribution in [0.15, 0.2) is 200 Å². The minimum Gasteiger partial charge on any atom is -0.337 e. The Kier molecular flexibility index (Phi) is 25.9. The number of halogens is 4. The number of hydrogen-bond acceptors (Lipinski definition) is 17. The Hall–Kier alpha value is -8.47. The monoisotopic (exact) mass is 1570 g/mol. The number of fused-ring (bicyclic) bond motifs is 4. The Bertz CT molecular complexity index is 4060. The molecule has 3 aliphatic heterocycles. The zero-order valence-corrected chi connectivity index (χ0v) is 62.6. The van der Waals surface area contributed by atoms with Crippen LogP contribution in [0.3, 0.4) is 0 Å². The van der Waals surface area contributed by atoms with Gasteiger partial charge in [0.05, 0.1) is 60.6 Å². The maximum Gasteiger partial charge on any atom is 0.241 e. The van der Waals surface area contributed by atoms with Gasteiger partial charge in [-0.1, -0.05) is 53.5 Å². The van der Waals surface area contributed by atoms with E-state index >= 15 is 0 Å². The lowest BCUT2D eigenvalue weighted by atomic mass is 9.95. The SMILES string of the molecule is O=C([C@H]1CN([C@@H]2c3ccc(Cl)cc3CCc3cc(Br)cnc32)CCN1)N(CCn1ccnc1)Cc1cccnc1.O=C([C@H]1CN([C@H]2c3ccc(Cl)cc3CCc3cc(Br)cnc32)CCN1)N(CCn1ccnc1)Cc1cccnc1.O=C([C@H]1CNCCN1)N(CCCn1ccnc1)Cc1cccnc1. The topological polar surface area (TPSA) is 233 Å². The van der Waals surface area contributed by atoms with E-state index in [1.165, 1.54) is 33.4 Å². The predicted octanol–water partition coefficient (Wildman–Crippen LogP) is 8.82. The zero-order chi connectivity index (χ0) is 71.6. The number of hydrogen-bond donors (Lipinski definition) is 4. The Morgan fingerprint density at radius 1 is 0.462 bits per heavy atom. The standard InChI is InChI=1S/2C30H31BrClN7O.C17H24N6O/c2*31-24-14-23-4-3-22-15-25(32)5-6-26(22)29(28(23)36-17-24)38-11-9-35-27(19-38)30(40)39(13-12-37-10-8-34-20-37)18-21-2-1-7-33-16-21;24-17(16-12-19-5-6-21-16)23(13-15-3-1-4-18-11-15)9-2-8-22-10-7-20-14-22/h2*1-2,5-8,10,14-17,20,27,29,35H,3-4,9,11-13,18-19H2;1,3-4,7,10-11,14,16,19,21H,2,5-6,8-9,12-13H2/t27-,29+;27-,29-;16-/m111/s1. The van der Waals surface area contributed by atoms with E-state index in [2.05, 4.69) is 129 Å². The third-order valence-electron chi connectivity index (χ3n) is 19.7. The normalized spacial score (nSPS) is 18.6. The van der Waals surface area contributed by atoms with Crippen molar-refractivity contribution < 1.29 is 14.4 Å². The van der Waals surface area contributed by atoms with Crippen LogP contribution in [0.2, 0.25) is 10.0 Å². The second kappa shape index (κ2) is 36.5. The fraction of sp³-hybridized carbons (Fsp3) is 0.364. The first kappa shape index (κ1) is 73.8. The number of nitrogens with one attached hydrogen (secondary N) is 4. The third-order valence-corrected chi connectivity index (χ3v) is 21.0. The van der Waals surface area contributed by atoms with Gasteiger partial charge in [-0.15, -0.1) is 0 Å². The van der Waals surface area contributed by atoms with Crippen LogP contribution in [0, 0.1) is 0 Å². The number of carbonyl (C=O) groups excluding carboxylic acids is 3. The molecule has 5 aliphatic rings. The third kappa shape index (κ3) is 19.5. The van der Waals surface area contributed by atoms with E-state index in [-0.39, 0.29) is 47.9 Å². The van der Waals surface area contributed by atoms with Crippen molar-refractivity contribution in [2.75, 3.05) is 78.5 Å². The lowest BCUT2D eigenvalue weighted by Gasteiger charge is -2.40. The number of piperazine rings is 3. The molecule has 0 unspecified atom stereocenters. The molecule has 0 saturated carbocycles. The van der Waals surface area contributed by atoms with Crippen LogP contribution in [0.25, 0.3) is 0 Å². The van der Waals surface area contributed by atoms with Gasteiger partial charge in [-0.25, -0.2) is 15.0 Å². The molecule has 10 aromatic rings. The molecule has 8 aromatic heterocycles. The summed E-state index contributed by atoms with van der Waals surface area (Å²) in [5.74, 6) is 0.321. The van der Waals surface area contributed by atoms with Gasteiger partial charge in [0.25, 0.3) is 0 Å². The molecule has 0 radical (unpaired) electrons. The molecule has 27 heteroatoms. The van der Waals surface area contributed by atoms with Crippen LogP contribution in [0.5, 0.6) is 0 Å². The lowest BCUT2D eigenvalue weighted by Crippen LogP contribution is -2.58. The molecule has 11 heterocycles. The average Bonchev–Trinajstić information content (AvgIpc) is 1.76. The Balaban J connectivity index is 0.000000143. The van der Waals surface area contributed by atoms with Gasteiger partial charge in [0.2, 0.25) is 17.7 Å². The highest BCUT2D eigenvalue weighted by Crippen LogP contribution is 2.40. The van der Waals surface area contributed by atoms with Gasteiger partial charge in [0.15, 0.2) is 0 Å². The zero-order valence-electron chi connectivity index (χ0n) is 57.9. The minimum atomic E-state index is -0.342. The highest BCUT2D eigenvalue weighted by Gasteiger charge is 2.39. The quantitative estimate of drug-likeness (QED) is 0.0526. The number of aryl methyl sites for hydroxylation is 5. The first-order chi connectivity index (χ1) is 50.9. The number of rotatable bonds is 21. The molecular formula is C77H86Br2Cl2N20O3. The minimum absolute atomic E-state index is 0.0482. The van der Waals surface area contributed by atoms with Crippen molar-refractivity contribution in [3.63, 3.8) is 0 Å². The summed E-state index contributed by atoms with van der Waals surface area (Å²) in [5, 5.41) is 15.1. The Labute approximate surface area is 633 Å². The molecule has 3 fully saturated rings. The second-order valence-electron chi connectivity index (χ2n) is 26.7. The number of benzene rings is 2. The molecule has 0 bridgehead atoms. The first-order valence-electron chi connectivity index (χ1n) is 35.6. The van der Waals surface area contributed by atoms with Crippen molar-refractivity contribution in [1.29, 1.82) is 0 Å². The molecule has 2 aliphatic carbocycles. The molecular weight excluding hydrogens is 1480 g/mol. The van der Waals surface area contributed by atoms with Crippen LogP contribution in [0.1, 0.15) is 80.0 Å². The van der Waals surface area contributed by atoms with Crippen molar-refractivity contribution in [1.82, 2.24) is 99.3 Å². The highest BCUT2D eigenvalue weighted by molar-refractivity contribution is 9.10. The summed E-state index contributed by atoms with van der Waals surface area (Å²) in [6.07, 6.45) is 35.4. The summed E-state index contributed by atoms with van der Waals surface area (Å²) in [6.45, 7) is 12.3. The van der Waals surface area contributed by atoms with E-state index in [1.807, 2.05) is 127 Å². The van der Waals surface area contributed by atoms with Crippen molar-refractivity contribution in [2.24, 2.45) is 0 Å². The molecule has 2 aromatic carbocycles. The molecule has 5 atom stereocenters. The van der Waals surface area contributed by atoms with Gasteiger partial charge in [0, 0.05) is 224 Å². The maximum absolute atomic E-state index is 14.1. The average molecular weight is 1570 g/mol. The summed E-state index contributed by atoms with van der Waals surface area (Å²) in [5.41, 5.74) is 12.6. The summed E-state index contributed by atoms with van der Waals surface area (Å²) in [4.78, 5) is 86.5. The number of imidazole rings is 3. The molecule has 15 rings (SSSR count). The number of pyridine rings is 5. The number of amides is 3. The van der Waals surface area contributed by atoms with Gasteiger partial charge < -0.3 is 49.7 Å². The fourth-order valence-electron chi connectivity index (χ4n) is 14.5. The fourth-order valence-corrected chi connectivity index (χ4v) is 15.7. The number of carbonyl (C=O) groups is 3. The molecule has 23 nitrogen and oxygen atoms in total. The van der Waals surface area contributed by atoms with Crippen molar-refractivity contribution in [3.05, 3.63) is 271 Å². The molecule has 540 valence electrons. The Morgan fingerprint density at radius 3 is 1.30 bits per heavy atom. The smallest absolute Gasteiger partial charge is 0.241 e. The number of aromatic nitrogens is 11. The summed E-state index contributed by atoms with van der Waals surface area (Å²) in [7, 11) is 0.